The molecule has 2 aromatic rings. The van der Waals surface area contributed by atoms with Crippen LogP contribution in [0.1, 0.15) is 23.6 Å². The molecule has 2 aromatic carbocycles. The second kappa shape index (κ2) is 8.62. The molecule has 136 valence electrons. The number of carbonyl (C=O) groups excluding carboxylic acids is 2. The van der Waals surface area contributed by atoms with Gasteiger partial charge in [-0.05, 0) is 77.7 Å². The van der Waals surface area contributed by atoms with Crippen molar-refractivity contribution in [3.05, 3.63) is 57.6 Å². The lowest BCUT2D eigenvalue weighted by atomic mass is 10.1. The lowest BCUT2D eigenvalue weighted by molar-refractivity contribution is -0.131. The summed E-state index contributed by atoms with van der Waals surface area (Å²) in [6.45, 7) is 5.07. The van der Waals surface area contributed by atoms with Gasteiger partial charge in [-0.25, -0.2) is 5.43 Å². The van der Waals surface area contributed by atoms with Gasteiger partial charge in [-0.15, -0.1) is 0 Å². The number of amides is 2. The molecule has 0 aliphatic rings. The Hall–Kier alpha value is -2.67. The van der Waals surface area contributed by atoms with Gasteiger partial charge in [0.2, 0.25) is 5.91 Å². The van der Waals surface area contributed by atoms with Crippen LogP contribution in [0.3, 0.4) is 0 Å². The summed E-state index contributed by atoms with van der Waals surface area (Å²) in [5, 5.41) is 16.3. The first-order valence-electron chi connectivity index (χ1n) is 7.98. The van der Waals surface area contributed by atoms with E-state index in [1.807, 2.05) is 6.07 Å². The fourth-order valence-corrected chi connectivity index (χ4v) is 2.64. The summed E-state index contributed by atoms with van der Waals surface area (Å²) in [6.07, 6.45) is 1.47. The van der Waals surface area contributed by atoms with Crippen LogP contribution in [-0.2, 0) is 9.59 Å². The number of carbonyl (C=O) groups is 2. The topological polar surface area (TPSA) is 90.8 Å². The molecule has 0 spiro atoms. The van der Waals surface area contributed by atoms with Gasteiger partial charge in [0.25, 0.3) is 5.91 Å². The van der Waals surface area contributed by atoms with Crippen LogP contribution in [0.2, 0.25) is 0 Å². The average Bonchev–Trinajstić information content (AvgIpc) is 2.60. The molecule has 3 N–H and O–H groups in total. The number of halogens is 1. The highest BCUT2D eigenvalue weighted by Crippen LogP contribution is 2.22. The number of benzene rings is 2. The second-order valence-electron chi connectivity index (χ2n) is 5.93. The molecule has 2 rings (SSSR count). The molecule has 1 unspecified atom stereocenters. The van der Waals surface area contributed by atoms with Crippen molar-refractivity contribution in [1.29, 1.82) is 0 Å². The SMILES string of the molecule is Cc1cc(C=NNC(=O)C(C)C(=O)Nc2ccccc2Br)cc(C)c1O. The highest BCUT2D eigenvalue weighted by Gasteiger charge is 2.21. The minimum Gasteiger partial charge on any atom is -0.507 e. The van der Waals surface area contributed by atoms with Crippen LogP contribution in [0.4, 0.5) is 5.69 Å². The van der Waals surface area contributed by atoms with Gasteiger partial charge >= 0.3 is 0 Å². The summed E-state index contributed by atoms with van der Waals surface area (Å²) in [4.78, 5) is 24.3. The first-order chi connectivity index (χ1) is 12.3. The number of rotatable bonds is 5. The number of hydrazone groups is 1. The van der Waals surface area contributed by atoms with E-state index < -0.39 is 17.7 Å². The number of hydrogen-bond acceptors (Lipinski definition) is 4. The summed E-state index contributed by atoms with van der Waals surface area (Å²) < 4.78 is 0.733. The zero-order chi connectivity index (χ0) is 19.3. The Morgan fingerprint density at radius 2 is 1.77 bits per heavy atom. The van der Waals surface area contributed by atoms with Gasteiger partial charge in [0, 0.05) is 4.47 Å². The van der Waals surface area contributed by atoms with E-state index in [4.69, 9.17) is 0 Å². The van der Waals surface area contributed by atoms with Crippen molar-refractivity contribution in [2.75, 3.05) is 5.32 Å². The van der Waals surface area contributed by atoms with Crippen molar-refractivity contribution < 1.29 is 14.7 Å². The van der Waals surface area contributed by atoms with Gasteiger partial charge in [0.05, 0.1) is 11.9 Å². The van der Waals surface area contributed by atoms with E-state index in [0.717, 1.165) is 21.2 Å². The Labute approximate surface area is 160 Å². The summed E-state index contributed by atoms with van der Waals surface area (Å²) in [6, 6.07) is 10.7. The minimum absolute atomic E-state index is 0.239. The largest absolute Gasteiger partial charge is 0.507 e. The smallest absolute Gasteiger partial charge is 0.252 e. The quantitative estimate of drug-likeness (QED) is 0.395. The maximum Gasteiger partial charge on any atom is 0.252 e. The van der Waals surface area contributed by atoms with E-state index in [1.165, 1.54) is 13.1 Å². The van der Waals surface area contributed by atoms with Crippen molar-refractivity contribution in [3.8, 4) is 5.75 Å². The lowest BCUT2D eigenvalue weighted by Gasteiger charge is -2.11. The molecule has 0 aliphatic heterocycles. The molecule has 0 aromatic heterocycles. The van der Waals surface area contributed by atoms with Crippen molar-refractivity contribution in [2.45, 2.75) is 20.8 Å². The highest BCUT2D eigenvalue weighted by atomic mass is 79.9. The molecule has 0 saturated heterocycles. The predicted octanol–water partition coefficient (Wildman–Crippen LogP) is 3.50. The minimum atomic E-state index is -0.914. The van der Waals surface area contributed by atoms with Gasteiger partial charge in [-0.2, -0.15) is 5.10 Å². The summed E-state index contributed by atoms with van der Waals surface area (Å²) in [5.41, 5.74) is 5.14. The Balaban J connectivity index is 1.96. The summed E-state index contributed by atoms with van der Waals surface area (Å²) >= 11 is 3.34. The molecule has 0 bridgehead atoms. The van der Waals surface area contributed by atoms with Crippen LogP contribution >= 0.6 is 15.9 Å². The average molecular weight is 418 g/mol. The van der Waals surface area contributed by atoms with Crippen molar-refractivity contribution in [2.24, 2.45) is 11.0 Å². The van der Waals surface area contributed by atoms with E-state index in [1.54, 1.807) is 44.2 Å². The fraction of sp³-hybridized carbons (Fsp3) is 0.211. The van der Waals surface area contributed by atoms with Crippen LogP contribution in [0.15, 0.2) is 46.0 Å². The summed E-state index contributed by atoms with van der Waals surface area (Å²) in [7, 11) is 0. The predicted molar refractivity (Wildman–Crippen MR) is 105 cm³/mol. The van der Waals surface area contributed by atoms with Gasteiger partial charge in [-0.1, -0.05) is 12.1 Å². The Kier molecular flexibility index (Phi) is 6.52. The highest BCUT2D eigenvalue weighted by molar-refractivity contribution is 9.10. The van der Waals surface area contributed by atoms with E-state index >= 15 is 0 Å². The molecule has 6 nitrogen and oxygen atoms in total. The number of aryl methyl sites for hydroxylation is 2. The van der Waals surface area contributed by atoms with E-state index in [9.17, 15) is 14.7 Å². The monoisotopic (exact) mass is 417 g/mol. The number of aromatic hydroxyl groups is 1. The molecule has 0 heterocycles. The van der Waals surface area contributed by atoms with Gasteiger partial charge in [-0.3, -0.25) is 9.59 Å². The third-order valence-corrected chi connectivity index (χ3v) is 4.51. The molecule has 0 aliphatic carbocycles. The van der Waals surface area contributed by atoms with E-state index in [2.05, 4.69) is 31.8 Å². The Bertz CT molecular complexity index is 842. The Morgan fingerprint density at radius 1 is 1.15 bits per heavy atom. The first-order valence-corrected chi connectivity index (χ1v) is 8.77. The molecule has 0 fully saturated rings. The molecule has 0 saturated carbocycles. The molecular weight excluding hydrogens is 398 g/mol. The van der Waals surface area contributed by atoms with Crippen LogP contribution in [0.25, 0.3) is 0 Å². The van der Waals surface area contributed by atoms with E-state index in [0.29, 0.717) is 5.69 Å². The third-order valence-electron chi connectivity index (χ3n) is 3.82. The molecule has 26 heavy (non-hydrogen) atoms. The first kappa shape index (κ1) is 19.7. The summed E-state index contributed by atoms with van der Waals surface area (Å²) in [5.74, 6) is -1.62. The number of nitrogens with zero attached hydrogens (tertiary/aromatic N) is 1. The molecule has 2 amide bonds. The van der Waals surface area contributed by atoms with Crippen LogP contribution in [0.5, 0.6) is 5.75 Å². The fourth-order valence-electron chi connectivity index (χ4n) is 2.25. The lowest BCUT2D eigenvalue weighted by Crippen LogP contribution is -2.34. The molecule has 1 atom stereocenters. The number of para-hydroxylation sites is 1. The van der Waals surface area contributed by atoms with Crippen LogP contribution < -0.4 is 10.7 Å². The zero-order valence-electron chi connectivity index (χ0n) is 14.7. The standard InChI is InChI=1S/C19H20BrN3O3/c1-11-8-14(9-12(2)17(11)24)10-21-23-19(26)13(3)18(25)22-16-7-5-4-6-15(16)20/h4-10,13,24H,1-3H3,(H,22,25)(H,23,26). The molecule has 7 heteroatoms. The van der Waals surface area contributed by atoms with Gasteiger partial charge in [0.1, 0.15) is 11.7 Å². The number of phenolic OH excluding ortho intramolecular Hbond substituents is 1. The maximum absolute atomic E-state index is 12.2. The van der Waals surface area contributed by atoms with Crippen molar-refractivity contribution in [3.63, 3.8) is 0 Å². The normalized spacial score (nSPS) is 12.0. The number of nitrogens with one attached hydrogen (secondary N) is 2. The molecule has 0 radical (unpaired) electrons. The van der Waals surface area contributed by atoms with Gasteiger partial charge < -0.3 is 10.4 Å². The maximum atomic E-state index is 12.2. The number of phenols is 1. The van der Waals surface area contributed by atoms with Crippen molar-refractivity contribution >= 4 is 39.6 Å². The van der Waals surface area contributed by atoms with Crippen LogP contribution in [-0.4, -0.2) is 23.1 Å². The number of hydrogen-bond donors (Lipinski definition) is 3. The van der Waals surface area contributed by atoms with Crippen LogP contribution in [0, 0.1) is 19.8 Å². The Morgan fingerprint density at radius 3 is 2.38 bits per heavy atom. The third kappa shape index (κ3) is 4.92. The van der Waals surface area contributed by atoms with Gasteiger partial charge in [0.15, 0.2) is 0 Å². The van der Waals surface area contributed by atoms with Crippen molar-refractivity contribution in [1.82, 2.24) is 5.43 Å². The zero-order valence-corrected chi connectivity index (χ0v) is 16.3. The second-order valence-corrected chi connectivity index (χ2v) is 6.78. The van der Waals surface area contributed by atoms with E-state index in [-0.39, 0.29) is 5.75 Å². The number of anilines is 1. The molecular formula is C19H20BrN3O3.